The number of aryl methyl sites for hydroxylation is 1. The van der Waals surface area contributed by atoms with Gasteiger partial charge < -0.3 is 37.9 Å². The Morgan fingerprint density at radius 1 is 0.758 bits per heavy atom. The fourth-order valence-electron chi connectivity index (χ4n) is 6.29. The summed E-state index contributed by atoms with van der Waals surface area (Å²) in [6, 6.07) is 15.0. The Morgan fingerprint density at radius 2 is 1.33 bits per heavy atom. The van der Waals surface area contributed by atoms with Gasteiger partial charge in [0, 0.05) is 29.6 Å². The van der Waals surface area contributed by atoms with Gasteiger partial charge in [-0.25, -0.2) is 0 Å². The molecule has 0 amide bonds. The number of aromatic nitrogens is 2. The summed E-state index contributed by atoms with van der Waals surface area (Å²) < 4.78 is 80.7. The lowest BCUT2D eigenvalue weighted by atomic mass is 9.93. The molecule has 5 atom stereocenters. The molecule has 0 radical (unpaired) electrons. The SMILES string of the molecule is [2H]CC(C)(C)C(=O)OC[C@H]1OC(Oc2n[nH]c(C(C)C)c2Cc2ccc(OCCCC(=O)OCc3ccccc3)cc2C)[C@H](OC(=O)C(C)(C)C[2H])[C@@H](OC(=O)C(C)(C)C[2H])[C@@H]1OC(=O)C(C)(C)C[2H]. The van der Waals surface area contributed by atoms with Gasteiger partial charge in [-0.05, 0) is 131 Å². The summed E-state index contributed by atoms with van der Waals surface area (Å²) in [7, 11) is 0. The Kier molecular flexibility index (Phi) is 15.6. The van der Waals surface area contributed by atoms with Crippen LogP contribution in [0, 0.1) is 28.6 Å². The summed E-state index contributed by atoms with van der Waals surface area (Å²) in [5, 5.41) is 7.60. The molecular formula is C51H72N2O13. The fraction of sp³-hybridized carbons (Fsp3) is 0.608. The molecule has 15 nitrogen and oxygen atoms in total. The highest BCUT2D eigenvalue weighted by Crippen LogP contribution is 2.37. The number of carbonyl (C=O) groups excluding carboxylic acids is 5. The van der Waals surface area contributed by atoms with E-state index in [1.165, 1.54) is 55.4 Å². The molecule has 0 aliphatic carbocycles. The molecule has 2 aromatic carbocycles. The maximum absolute atomic E-state index is 14.0. The molecule has 1 aromatic heterocycles. The third-order valence-electron chi connectivity index (χ3n) is 10.3. The predicted octanol–water partition coefficient (Wildman–Crippen LogP) is 8.90. The van der Waals surface area contributed by atoms with Crippen molar-refractivity contribution in [2.24, 2.45) is 21.7 Å². The quantitative estimate of drug-likeness (QED) is 0.0768. The van der Waals surface area contributed by atoms with Crippen LogP contribution in [0.3, 0.4) is 0 Å². The average Bonchev–Trinajstić information content (AvgIpc) is 3.73. The zero-order valence-electron chi connectivity index (χ0n) is 44.4. The van der Waals surface area contributed by atoms with Gasteiger partial charge >= 0.3 is 29.8 Å². The van der Waals surface area contributed by atoms with Gasteiger partial charge in [-0.15, -0.1) is 5.10 Å². The van der Waals surface area contributed by atoms with E-state index in [4.69, 9.17) is 43.4 Å². The molecule has 0 saturated carbocycles. The monoisotopic (exact) mass is 925 g/mol. The van der Waals surface area contributed by atoms with Gasteiger partial charge in [0.25, 0.3) is 0 Å². The van der Waals surface area contributed by atoms with E-state index in [9.17, 15) is 24.0 Å². The number of hydrogen-bond acceptors (Lipinski definition) is 14. The number of nitrogens with one attached hydrogen (secondary N) is 1. The molecule has 2 heterocycles. The third-order valence-corrected chi connectivity index (χ3v) is 10.3. The second-order valence-corrected chi connectivity index (χ2v) is 19.8. The van der Waals surface area contributed by atoms with Gasteiger partial charge in [0.1, 0.15) is 25.1 Å². The van der Waals surface area contributed by atoms with Gasteiger partial charge in [0.05, 0.1) is 28.3 Å². The molecule has 3 aromatic rings. The van der Waals surface area contributed by atoms with Gasteiger partial charge in [-0.2, -0.15) is 0 Å². The molecule has 1 fully saturated rings. The van der Waals surface area contributed by atoms with Crippen molar-refractivity contribution >= 4 is 29.8 Å². The first kappa shape index (κ1) is 47.1. The van der Waals surface area contributed by atoms with Crippen molar-refractivity contribution in [3.63, 3.8) is 0 Å². The molecule has 364 valence electrons. The molecule has 1 saturated heterocycles. The van der Waals surface area contributed by atoms with Crippen LogP contribution in [0.5, 0.6) is 11.6 Å². The second kappa shape index (κ2) is 21.9. The van der Waals surface area contributed by atoms with Crippen LogP contribution < -0.4 is 9.47 Å². The molecule has 0 spiro atoms. The predicted molar refractivity (Wildman–Crippen MR) is 245 cm³/mol. The summed E-state index contributed by atoms with van der Waals surface area (Å²) in [5.74, 6) is -3.34. The standard InChI is InChI=1S/C51H72N2O13/c1-30(2)38-35(27-33-23-24-34(26-31(33)3)59-25-19-22-37(54)60-28-32-20-17-16-18-21-32)42(53-52-38)66-43-41(65-47(58)51(13,14)15)40(64-46(57)50(10,11)12)39(63-45(56)49(7,8)9)36(62-43)29-61-44(55)48(4,5)6/h16-18,20-21,23-24,26,30,36,39-41,43H,19,22,25,27-29H2,1-15H3,(H,52,53)/t36-,39-,40+,41-,43?/m1/s1/i4D,7D,10D,13D. The largest absolute Gasteiger partial charge is 0.494 e. The average molecular weight is 925 g/mol. The summed E-state index contributed by atoms with van der Waals surface area (Å²) in [5.41, 5.74) is -1.56. The summed E-state index contributed by atoms with van der Waals surface area (Å²) in [6.07, 6.45) is -7.39. The van der Waals surface area contributed by atoms with E-state index in [0.29, 0.717) is 23.4 Å². The molecule has 1 unspecified atom stereocenters. The van der Waals surface area contributed by atoms with Crippen LogP contribution in [0.25, 0.3) is 0 Å². The Labute approximate surface area is 395 Å². The van der Waals surface area contributed by atoms with Crippen molar-refractivity contribution in [2.75, 3.05) is 13.2 Å². The van der Waals surface area contributed by atoms with Crippen molar-refractivity contribution < 1.29 is 67.4 Å². The van der Waals surface area contributed by atoms with Crippen LogP contribution >= 0.6 is 0 Å². The molecule has 1 aliphatic heterocycles. The van der Waals surface area contributed by atoms with Gasteiger partial charge in [-0.1, -0.05) is 50.2 Å². The molecule has 0 bridgehead atoms. The molecular weight excluding hydrogens is 849 g/mol. The topological polar surface area (TPSA) is 188 Å². The number of H-pyrrole nitrogens is 1. The van der Waals surface area contributed by atoms with E-state index in [2.05, 4.69) is 10.2 Å². The summed E-state index contributed by atoms with van der Waals surface area (Å²) in [6.45, 7) is 16.1. The van der Waals surface area contributed by atoms with E-state index in [1.54, 1.807) is 0 Å². The second-order valence-electron chi connectivity index (χ2n) is 19.8. The molecule has 15 heteroatoms. The van der Waals surface area contributed by atoms with Gasteiger partial charge in [-0.3, -0.25) is 29.1 Å². The zero-order chi connectivity index (χ0) is 52.2. The van der Waals surface area contributed by atoms with E-state index < -0.39 is 104 Å². The number of benzene rings is 2. The first-order valence-electron chi connectivity index (χ1n) is 24.9. The Hall–Kier alpha value is -5.44. The van der Waals surface area contributed by atoms with E-state index >= 15 is 0 Å². The van der Waals surface area contributed by atoms with E-state index in [0.717, 1.165) is 16.7 Å². The van der Waals surface area contributed by atoms with Crippen LogP contribution in [-0.2, 0) is 65.4 Å². The number of ether oxygens (including phenoxy) is 8. The van der Waals surface area contributed by atoms with Crippen LogP contribution in [0.15, 0.2) is 48.5 Å². The highest BCUT2D eigenvalue weighted by Gasteiger charge is 2.56. The first-order chi connectivity index (χ1) is 32.8. The summed E-state index contributed by atoms with van der Waals surface area (Å²) >= 11 is 0. The maximum Gasteiger partial charge on any atom is 0.311 e. The van der Waals surface area contributed by atoms with Crippen molar-refractivity contribution in [2.45, 2.75) is 166 Å². The minimum atomic E-state index is -1.73. The number of carbonyl (C=O) groups is 5. The smallest absolute Gasteiger partial charge is 0.311 e. The number of rotatable bonds is 17. The van der Waals surface area contributed by atoms with Crippen molar-refractivity contribution in [3.05, 3.63) is 76.5 Å². The van der Waals surface area contributed by atoms with Crippen LogP contribution in [0.1, 0.15) is 149 Å². The van der Waals surface area contributed by atoms with Crippen molar-refractivity contribution in [1.29, 1.82) is 0 Å². The van der Waals surface area contributed by atoms with E-state index in [1.807, 2.05) is 69.3 Å². The minimum Gasteiger partial charge on any atom is -0.494 e. The minimum absolute atomic E-state index is 0.0156. The Morgan fingerprint density at radius 3 is 1.91 bits per heavy atom. The third kappa shape index (κ3) is 15.0. The molecule has 1 N–H and O–H groups in total. The zero-order valence-corrected chi connectivity index (χ0v) is 40.4. The molecule has 4 rings (SSSR count). The lowest BCUT2D eigenvalue weighted by molar-refractivity contribution is -0.294. The Bertz CT molecular complexity index is 2250. The lowest BCUT2D eigenvalue weighted by Crippen LogP contribution is -2.65. The highest BCUT2D eigenvalue weighted by atomic mass is 16.7. The number of nitrogens with zero attached hydrogens (tertiary/aromatic N) is 1. The highest BCUT2D eigenvalue weighted by molar-refractivity contribution is 5.78. The number of hydrogen-bond donors (Lipinski definition) is 1. The van der Waals surface area contributed by atoms with Crippen molar-refractivity contribution in [3.8, 4) is 11.6 Å². The van der Waals surface area contributed by atoms with Crippen LogP contribution in [-0.4, -0.2) is 84.0 Å². The normalized spacial score (nSPS) is 19.9. The van der Waals surface area contributed by atoms with Gasteiger partial charge in [0.2, 0.25) is 18.3 Å². The molecule has 66 heavy (non-hydrogen) atoms. The fourth-order valence-corrected chi connectivity index (χ4v) is 6.29. The first-order valence-corrected chi connectivity index (χ1v) is 22.1. The summed E-state index contributed by atoms with van der Waals surface area (Å²) in [4.78, 5) is 67.4. The van der Waals surface area contributed by atoms with Crippen molar-refractivity contribution in [1.82, 2.24) is 10.2 Å². The van der Waals surface area contributed by atoms with Crippen LogP contribution in [0.2, 0.25) is 0 Å². The number of aromatic amines is 1. The van der Waals surface area contributed by atoms with E-state index in [-0.39, 0.29) is 50.7 Å². The van der Waals surface area contributed by atoms with Gasteiger partial charge in [0.15, 0.2) is 12.2 Å². The maximum atomic E-state index is 14.0. The molecule has 1 aliphatic rings. The Balaban J connectivity index is 1.73. The lowest BCUT2D eigenvalue weighted by Gasteiger charge is -2.45. The van der Waals surface area contributed by atoms with Crippen LogP contribution in [0.4, 0.5) is 0 Å². The number of esters is 5.